The van der Waals surface area contributed by atoms with E-state index in [2.05, 4.69) is 9.97 Å². The van der Waals surface area contributed by atoms with E-state index in [0.717, 1.165) is 7.69 Å². The van der Waals surface area contributed by atoms with Crippen LogP contribution in [0.4, 0.5) is 0 Å². The van der Waals surface area contributed by atoms with E-state index in [4.69, 9.17) is 32.5 Å². The van der Waals surface area contributed by atoms with E-state index < -0.39 is 20.0 Å². The highest BCUT2D eigenvalue weighted by molar-refractivity contribution is 7.89. The Morgan fingerprint density at radius 3 is 1.26 bits per heavy atom. The SMILES string of the molecule is O=C(c1ccc(O[B]Oc2ccc(C(=O)N3CCN(S(=O)(=O)c4cc5cc(Cl)ccc5[nH]4)CC3)cc2)cc1)N1CCN(S(=O)(=O)c2cc3cc(Cl)ccc3[nH]2)CC1. The lowest BCUT2D eigenvalue weighted by Crippen LogP contribution is -2.50. The fourth-order valence-corrected chi connectivity index (χ4v) is 10.1. The number of nitrogens with zero attached hydrogens (tertiary/aromatic N) is 4. The van der Waals surface area contributed by atoms with Crippen molar-refractivity contribution >= 4 is 84.6 Å². The Morgan fingerprint density at radius 1 is 0.526 bits per heavy atom. The van der Waals surface area contributed by atoms with Crippen molar-refractivity contribution in [1.29, 1.82) is 0 Å². The first kappa shape index (κ1) is 38.8. The van der Waals surface area contributed by atoms with Crippen molar-refractivity contribution < 1.29 is 35.7 Å². The molecule has 8 rings (SSSR count). The largest absolute Gasteiger partial charge is 0.658 e. The Labute approximate surface area is 339 Å². The van der Waals surface area contributed by atoms with Gasteiger partial charge in [-0.25, -0.2) is 16.8 Å². The van der Waals surface area contributed by atoms with Crippen LogP contribution in [-0.2, 0) is 20.0 Å². The average Bonchev–Trinajstić information content (AvgIpc) is 3.86. The molecule has 2 N–H and O–H groups in total. The Kier molecular flexibility index (Phi) is 10.7. The van der Waals surface area contributed by atoms with Crippen molar-refractivity contribution in [3.05, 3.63) is 118 Å². The second kappa shape index (κ2) is 15.7. The monoisotopic (exact) mass is 847 g/mol. The molecule has 19 heteroatoms. The summed E-state index contributed by atoms with van der Waals surface area (Å²) in [6, 6.07) is 26.4. The molecule has 2 saturated heterocycles. The molecule has 0 aliphatic carbocycles. The maximum absolute atomic E-state index is 13.3. The normalized spacial score (nSPS) is 15.9. The summed E-state index contributed by atoms with van der Waals surface area (Å²) >= 11 is 12.1. The summed E-state index contributed by atoms with van der Waals surface area (Å²) in [6.45, 7) is 1.55. The molecule has 2 aliphatic heterocycles. The fourth-order valence-electron chi connectivity index (χ4n) is 6.83. The number of halogens is 2. The van der Waals surface area contributed by atoms with Crippen LogP contribution >= 0.6 is 23.2 Å². The number of aromatic amines is 2. The van der Waals surface area contributed by atoms with E-state index in [1.165, 1.54) is 8.61 Å². The number of amides is 2. The van der Waals surface area contributed by atoms with Crippen LogP contribution in [0.5, 0.6) is 11.5 Å². The minimum Gasteiger partial charge on any atom is -0.526 e. The summed E-state index contributed by atoms with van der Waals surface area (Å²) < 4.78 is 67.1. The smallest absolute Gasteiger partial charge is 0.526 e. The first-order valence-electron chi connectivity index (χ1n) is 17.9. The van der Waals surface area contributed by atoms with E-state index in [0.29, 0.717) is 54.5 Å². The van der Waals surface area contributed by atoms with Crippen LogP contribution in [0.1, 0.15) is 20.7 Å². The van der Waals surface area contributed by atoms with Crippen molar-refractivity contribution in [3.63, 3.8) is 0 Å². The second-order valence-electron chi connectivity index (χ2n) is 13.5. The topological polar surface area (TPSA) is 165 Å². The maximum atomic E-state index is 13.3. The zero-order valence-electron chi connectivity index (χ0n) is 30.1. The number of aromatic nitrogens is 2. The zero-order valence-corrected chi connectivity index (χ0v) is 33.2. The minimum atomic E-state index is -3.79. The second-order valence-corrected chi connectivity index (χ2v) is 18.2. The van der Waals surface area contributed by atoms with Gasteiger partial charge in [0.25, 0.3) is 31.9 Å². The predicted octanol–water partition coefficient (Wildman–Crippen LogP) is 5.24. The summed E-state index contributed by atoms with van der Waals surface area (Å²) in [5.41, 5.74) is 2.19. The van der Waals surface area contributed by atoms with Crippen molar-refractivity contribution in [2.24, 2.45) is 0 Å². The van der Waals surface area contributed by atoms with Gasteiger partial charge in [-0.2, -0.15) is 8.61 Å². The number of benzene rings is 4. The fraction of sp³-hybridized carbons (Fsp3) is 0.211. The molecule has 0 saturated carbocycles. The van der Waals surface area contributed by atoms with Crippen LogP contribution in [0, 0.1) is 0 Å². The first-order valence-corrected chi connectivity index (χ1v) is 21.5. The van der Waals surface area contributed by atoms with Crippen LogP contribution in [-0.4, -0.2) is 117 Å². The van der Waals surface area contributed by atoms with Gasteiger partial charge in [-0.3, -0.25) is 9.59 Å². The Bertz CT molecular complexity index is 2510. The number of carbonyl (C=O) groups excluding carboxylic acids is 2. The highest BCUT2D eigenvalue weighted by Crippen LogP contribution is 2.27. The summed E-state index contributed by atoms with van der Waals surface area (Å²) in [7, 11) is -6.44. The van der Waals surface area contributed by atoms with Crippen LogP contribution < -0.4 is 9.31 Å². The van der Waals surface area contributed by atoms with E-state index in [1.54, 1.807) is 107 Å². The molecule has 2 aromatic heterocycles. The van der Waals surface area contributed by atoms with Gasteiger partial charge in [0.2, 0.25) is 0 Å². The number of carbonyl (C=O) groups is 2. The number of H-pyrrole nitrogens is 2. The highest BCUT2D eigenvalue weighted by atomic mass is 35.5. The molecule has 0 unspecified atom stereocenters. The Morgan fingerprint density at radius 2 is 0.895 bits per heavy atom. The number of rotatable bonds is 10. The standard InChI is InChI=1S/C38H34BCl2N6O8S2/c40-29-5-11-33-27(21-29)23-35(42-33)56(50,51)46-17-13-44(14-18-46)37(48)25-1-7-31(8-2-25)54-39-55-32-9-3-26(4-10-32)38(49)45-15-19-47(20-16-45)57(52,53)36-24-28-22-30(41)6-12-34(28)43-36/h1-12,21-24,42-43H,13-20H2. The Balaban J connectivity index is 0.779. The molecule has 293 valence electrons. The molecular formula is C38H34BCl2N6O8S2. The van der Waals surface area contributed by atoms with E-state index >= 15 is 0 Å². The van der Waals surface area contributed by atoms with Gasteiger partial charge in [0.05, 0.1) is 0 Å². The lowest BCUT2D eigenvalue weighted by Gasteiger charge is -2.33. The van der Waals surface area contributed by atoms with Gasteiger partial charge in [0, 0.05) is 95.3 Å². The average molecular weight is 849 g/mol. The third-order valence-electron chi connectivity index (χ3n) is 9.97. The molecular weight excluding hydrogens is 814 g/mol. The number of sulfonamides is 2. The molecule has 4 aromatic carbocycles. The molecule has 0 spiro atoms. The van der Waals surface area contributed by atoms with Gasteiger partial charge >= 0.3 is 7.69 Å². The third kappa shape index (κ3) is 8.08. The molecule has 0 atom stereocenters. The quantitative estimate of drug-likeness (QED) is 0.177. The van der Waals surface area contributed by atoms with Gasteiger partial charge in [-0.1, -0.05) is 23.2 Å². The van der Waals surface area contributed by atoms with Gasteiger partial charge in [-0.15, -0.1) is 0 Å². The lowest BCUT2D eigenvalue weighted by atomic mass is 10.1. The van der Waals surface area contributed by atoms with Gasteiger partial charge in [0.1, 0.15) is 21.6 Å². The van der Waals surface area contributed by atoms with Crippen LogP contribution in [0.3, 0.4) is 0 Å². The van der Waals surface area contributed by atoms with E-state index in [1.807, 2.05) is 0 Å². The first-order chi connectivity index (χ1) is 27.3. The van der Waals surface area contributed by atoms with Crippen molar-refractivity contribution in [2.75, 3.05) is 52.4 Å². The highest BCUT2D eigenvalue weighted by Gasteiger charge is 2.33. The molecule has 2 fully saturated rings. The van der Waals surface area contributed by atoms with Crippen LogP contribution in [0.25, 0.3) is 21.8 Å². The number of fused-ring (bicyclic) bond motifs is 2. The molecule has 0 bridgehead atoms. The number of nitrogens with one attached hydrogen (secondary N) is 2. The van der Waals surface area contributed by atoms with E-state index in [-0.39, 0.29) is 74.2 Å². The molecule has 1 radical (unpaired) electrons. The van der Waals surface area contributed by atoms with Crippen molar-refractivity contribution in [2.45, 2.75) is 10.1 Å². The number of hydrogen-bond acceptors (Lipinski definition) is 8. The number of hydrogen-bond donors (Lipinski definition) is 2. The molecule has 2 amide bonds. The molecule has 4 heterocycles. The van der Waals surface area contributed by atoms with Crippen molar-refractivity contribution in [3.8, 4) is 11.5 Å². The maximum Gasteiger partial charge on any atom is 0.658 e. The summed E-state index contributed by atoms with van der Waals surface area (Å²) in [4.78, 5) is 35.6. The number of piperazine rings is 2. The molecule has 57 heavy (non-hydrogen) atoms. The summed E-state index contributed by atoms with van der Waals surface area (Å²) in [5.74, 6) is 0.391. The Hall–Kier alpha value is -5.04. The summed E-state index contributed by atoms with van der Waals surface area (Å²) in [5, 5.41) is 2.59. The van der Waals surface area contributed by atoms with Crippen LogP contribution in [0.15, 0.2) is 107 Å². The van der Waals surface area contributed by atoms with Gasteiger partial charge in [0.15, 0.2) is 0 Å². The van der Waals surface area contributed by atoms with Gasteiger partial charge in [-0.05, 0) is 97.1 Å². The minimum absolute atomic E-state index is 0.0803. The summed E-state index contributed by atoms with van der Waals surface area (Å²) in [6.07, 6.45) is 0. The zero-order chi connectivity index (χ0) is 39.9. The van der Waals surface area contributed by atoms with E-state index in [9.17, 15) is 26.4 Å². The van der Waals surface area contributed by atoms with Crippen LogP contribution in [0.2, 0.25) is 10.0 Å². The molecule has 14 nitrogen and oxygen atoms in total. The van der Waals surface area contributed by atoms with Gasteiger partial charge < -0.3 is 29.1 Å². The lowest BCUT2D eigenvalue weighted by molar-refractivity contribution is 0.0691. The molecule has 2 aliphatic rings. The third-order valence-corrected chi connectivity index (χ3v) is 14.1. The predicted molar refractivity (Wildman–Crippen MR) is 216 cm³/mol. The van der Waals surface area contributed by atoms with Crippen molar-refractivity contribution in [1.82, 2.24) is 28.4 Å². The molecule has 6 aromatic rings.